The first kappa shape index (κ1) is 44.8. The topological polar surface area (TPSA) is 51.6 Å². The number of pyridine rings is 4. The Labute approximate surface area is 398 Å². The van der Waals surface area contributed by atoms with E-state index in [0.717, 1.165) is 55.8 Å². The molecule has 0 saturated heterocycles. The molecule has 4 heterocycles. The van der Waals surface area contributed by atoms with Crippen LogP contribution in [0.2, 0.25) is 0 Å². The molecular weight excluding hydrogens is 832 g/mol. The molecule has 11 aromatic rings. The van der Waals surface area contributed by atoms with Crippen LogP contribution in [0.25, 0.3) is 66.6 Å². The Morgan fingerprint density at radius 2 is 0.838 bits per heavy atom. The molecule has 0 bridgehead atoms. The largest absolute Gasteiger partial charge is 0.260 e. The molecule has 7 aromatic carbocycles. The molecule has 2 atom stereocenters. The Morgan fingerprint density at radius 3 is 1.46 bits per heavy atom. The lowest BCUT2D eigenvalue weighted by atomic mass is 9.85. The molecule has 12 rings (SSSR count). The van der Waals surface area contributed by atoms with E-state index in [1.165, 1.54) is 53.4 Å². The first-order valence-corrected chi connectivity index (χ1v) is 23.2. The van der Waals surface area contributed by atoms with Crippen LogP contribution >= 0.6 is 0 Å². The maximum Gasteiger partial charge on any atom is 0.123 e. The number of fused-ring (bicyclic) bond motifs is 2. The molecule has 0 amide bonds. The van der Waals surface area contributed by atoms with Crippen molar-refractivity contribution in [3.63, 3.8) is 0 Å². The van der Waals surface area contributed by atoms with Gasteiger partial charge in [-0.1, -0.05) is 201 Å². The molecule has 1 saturated carbocycles. The first-order chi connectivity index (χ1) is 33.7. The molecule has 5 heteroatoms. The standard InChI is InChI=1S/C20H19N.C17H13N.C15H10FN.C11H9N/c1-2-7-15(8-3-1)17-11-6-12-19(17)20-18-10-5-4-9-16(18)13-14-21-20;1-3-8-14(9-4-1)16-12-7-13-17(18-16)15-10-5-2-6-11-15;16-13-6-3-5-12(10-13)15-14-7-2-1-4-11(14)8-9-17-15;1-2-6-10(7-3-1)11-8-4-5-9-12-11/h1-5,7-10,13-14,17,19H,6,11-12H2;1-13H;1-10H;1-9H. The van der Waals surface area contributed by atoms with Gasteiger partial charge in [0.25, 0.3) is 0 Å². The molecule has 330 valence electrons. The summed E-state index contributed by atoms with van der Waals surface area (Å²) in [6, 6.07) is 80.9. The van der Waals surface area contributed by atoms with Gasteiger partial charge in [-0.05, 0) is 83.6 Å². The van der Waals surface area contributed by atoms with E-state index in [0.29, 0.717) is 11.8 Å². The van der Waals surface area contributed by atoms with Crippen LogP contribution in [0.1, 0.15) is 42.4 Å². The van der Waals surface area contributed by atoms with Gasteiger partial charge in [0, 0.05) is 57.5 Å². The zero-order valence-electron chi connectivity index (χ0n) is 37.8. The lowest BCUT2D eigenvalue weighted by Gasteiger charge is -2.21. The third-order valence-electron chi connectivity index (χ3n) is 12.2. The molecule has 2 unspecified atom stereocenters. The normalized spacial score (nSPS) is 13.8. The highest BCUT2D eigenvalue weighted by atomic mass is 19.1. The fourth-order valence-corrected chi connectivity index (χ4v) is 8.93. The Balaban J connectivity index is 0.000000115. The lowest BCUT2D eigenvalue weighted by molar-refractivity contribution is 0.612. The van der Waals surface area contributed by atoms with Crippen molar-refractivity contribution in [2.45, 2.75) is 31.1 Å². The van der Waals surface area contributed by atoms with Gasteiger partial charge in [0.05, 0.1) is 28.5 Å². The van der Waals surface area contributed by atoms with Gasteiger partial charge in [-0.25, -0.2) is 9.37 Å². The van der Waals surface area contributed by atoms with Gasteiger partial charge in [-0.3, -0.25) is 15.0 Å². The lowest BCUT2D eigenvalue weighted by Crippen LogP contribution is -2.07. The van der Waals surface area contributed by atoms with E-state index < -0.39 is 0 Å². The summed E-state index contributed by atoms with van der Waals surface area (Å²) >= 11 is 0. The minimum absolute atomic E-state index is 0.239. The SMILES string of the molecule is Fc1cccc(-c2nccc3ccccc23)c1.c1ccc(-c2cccc(-c3ccccc3)n2)cc1.c1ccc(-c2ccccn2)cc1.c1ccc(C2CCCC2c2nccc3ccccc23)cc1. The quantitative estimate of drug-likeness (QED) is 0.167. The zero-order valence-corrected chi connectivity index (χ0v) is 37.8. The van der Waals surface area contributed by atoms with E-state index in [-0.39, 0.29) is 5.82 Å². The van der Waals surface area contributed by atoms with Crippen molar-refractivity contribution in [1.29, 1.82) is 0 Å². The molecule has 0 spiro atoms. The fraction of sp³-hybridized carbons (Fsp3) is 0.0794. The van der Waals surface area contributed by atoms with Gasteiger partial charge in [-0.2, -0.15) is 0 Å². The molecule has 0 N–H and O–H groups in total. The summed E-state index contributed by atoms with van der Waals surface area (Å²) in [5.74, 6) is 0.931. The number of benzene rings is 7. The third kappa shape index (κ3) is 11.3. The molecule has 68 heavy (non-hydrogen) atoms. The van der Waals surface area contributed by atoms with Gasteiger partial charge in [-0.15, -0.1) is 0 Å². The van der Waals surface area contributed by atoms with Crippen LogP contribution in [0.3, 0.4) is 0 Å². The predicted molar refractivity (Wildman–Crippen MR) is 279 cm³/mol. The number of hydrogen-bond donors (Lipinski definition) is 0. The third-order valence-corrected chi connectivity index (χ3v) is 12.2. The summed E-state index contributed by atoms with van der Waals surface area (Å²) in [4.78, 5) is 18.1. The first-order valence-electron chi connectivity index (χ1n) is 23.2. The van der Waals surface area contributed by atoms with Crippen molar-refractivity contribution >= 4 is 21.5 Å². The van der Waals surface area contributed by atoms with Crippen LogP contribution in [0.4, 0.5) is 4.39 Å². The summed E-state index contributed by atoms with van der Waals surface area (Å²) in [6.07, 6.45) is 9.36. The molecule has 0 aliphatic heterocycles. The van der Waals surface area contributed by atoms with Crippen molar-refractivity contribution < 1.29 is 4.39 Å². The average Bonchev–Trinajstić information content (AvgIpc) is 3.93. The molecule has 1 aliphatic carbocycles. The molecule has 4 aromatic heterocycles. The van der Waals surface area contributed by atoms with Gasteiger partial charge < -0.3 is 0 Å². The van der Waals surface area contributed by atoms with Crippen molar-refractivity contribution in [2.24, 2.45) is 0 Å². The molecule has 1 fully saturated rings. The van der Waals surface area contributed by atoms with E-state index >= 15 is 0 Å². The van der Waals surface area contributed by atoms with Crippen LogP contribution in [0.5, 0.6) is 0 Å². The summed E-state index contributed by atoms with van der Waals surface area (Å²) in [5, 5.41) is 4.79. The fourth-order valence-electron chi connectivity index (χ4n) is 8.93. The minimum Gasteiger partial charge on any atom is -0.260 e. The predicted octanol–water partition coefficient (Wildman–Crippen LogP) is 16.5. The maximum atomic E-state index is 13.2. The Morgan fingerprint density at radius 1 is 0.353 bits per heavy atom. The van der Waals surface area contributed by atoms with Gasteiger partial charge in [0.2, 0.25) is 0 Å². The highest BCUT2D eigenvalue weighted by Crippen LogP contribution is 2.46. The van der Waals surface area contributed by atoms with E-state index in [4.69, 9.17) is 9.97 Å². The average molecular weight is 883 g/mol. The maximum absolute atomic E-state index is 13.2. The number of nitrogens with zero attached hydrogens (tertiary/aromatic N) is 4. The van der Waals surface area contributed by atoms with Crippen molar-refractivity contribution in [3.8, 4) is 45.0 Å². The van der Waals surface area contributed by atoms with Crippen LogP contribution in [0.15, 0.2) is 261 Å². The summed E-state index contributed by atoms with van der Waals surface area (Å²) < 4.78 is 13.2. The number of hydrogen-bond acceptors (Lipinski definition) is 4. The number of halogens is 1. The smallest absolute Gasteiger partial charge is 0.123 e. The Kier molecular flexibility index (Phi) is 14.9. The second kappa shape index (κ2) is 22.7. The summed E-state index contributed by atoms with van der Waals surface area (Å²) in [5.41, 5.74) is 10.9. The van der Waals surface area contributed by atoms with E-state index in [9.17, 15) is 4.39 Å². The second-order valence-electron chi connectivity index (χ2n) is 16.6. The van der Waals surface area contributed by atoms with Gasteiger partial charge in [0.15, 0.2) is 0 Å². The number of aromatic nitrogens is 4. The highest BCUT2D eigenvalue weighted by molar-refractivity contribution is 5.94. The van der Waals surface area contributed by atoms with E-state index in [2.05, 4.69) is 113 Å². The van der Waals surface area contributed by atoms with Gasteiger partial charge in [0.1, 0.15) is 5.82 Å². The zero-order chi connectivity index (χ0) is 46.2. The molecule has 0 radical (unpaired) electrons. The second-order valence-corrected chi connectivity index (χ2v) is 16.6. The van der Waals surface area contributed by atoms with Gasteiger partial charge >= 0.3 is 0 Å². The number of rotatable bonds is 6. The summed E-state index contributed by atoms with van der Waals surface area (Å²) in [7, 11) is 0. The van der Waals surface area contributed by atoms with E-state index in [1.54, 1.807) is 12.3 Å². The van der Waals surface area contributed by atoms with Crippen LogP contribution < -0.4 is 0 Å². The highest BCUT2D eigenvalue weighted by Gasteiger charge is 2.31. The van der Waals surface area contributed by atoms with Crippen LogP contribution in [0, 0.1) is 5.82 Å². The van der Waals surface area contributed by atoms with E-state index in [1.807, 2.05) is 134 Å². The minimum atomic E-state index is -0.239. The Hall–Kier alpha value is -8.41. The van der Waals surface area contributed by atoms with Crippen molar-refractivity contribution in [3.05, 3.63) is 278 Å². The molecular formula is C63H51FN4. The summed E-state index contributed by atoms with van der Waals surface area (Å²) in [6.45, 7) is 0. The molecule has 1 aliphatic rings. The van der Waals surface area contributed by atoms with Crippen molar-refractivity contribution in [2.75, 3.05) is 0 Å². The van der Waals surface area contributed by atoms with Crippen LogP contribution in [-0.2, 0) is 0 Å². The van der Waals surface area contributed by atoms with Crippen molar-refractivity contribution in [1.82, 2.24) is 19.9 Å². The van der Waals surface area contributed by atoms with Crippen LogP contribution in [-0.4, -0.2) is 19.9 Å². The Bertz CT molecular complexity index is 3170. The monoisotopic (exact) mass is 882 g/mol. The molecule has 4 nitrogen and oxygen atoms in total.